The Morgan fingerprint density at radius 1 is 0.442 bits per heavy atom. The number of hydrogen-bond acceptors (Lipinski definition) is 18. The van der Waals surface area contributed by atoms with Crippen LogP contribution in [0.25, 0.3) is 0 Å². The lowest BCUT2D eigenvalue weighted by Gasteiger charge is -2.23. The van der Waals surface area contributed by atoms with Gasteiger partial charge in [0.05, 0.1) is 0 Å². The lowest BCUT2D eigenvalue weighted by molar-refractivity contribution is -0.198. The van der Waals surface area contributed by atoms with Crippen molar-refractivity contribution in [3.05, 3.63) is 0 Å². The first-order valence-corrected chi connectivity index (χ1v) is 12.7. The van der Waals surface area contributed by atoms with E-state index >= 15 is 0 Å². The highest BCUT2D eigenvalue weighted by Gasteiger charge is 2.53. The monoisotopic (exact) mass is 620 g/mol. The lowest BCUT2D eigenvalue weighted by Crippen LogP contribution is -2.42. The van der Waals surface area contributed by atoms with Gasteiger partial charge in [-0.2, -0.15) is 0 Å². The molecule has 43 heavy (non-hydrogen) atoms. The number of carbonyl (C=O) groups is 8. The van der Waals surface area contributed by atoms with Gasteiger partial charge in [0.25, 0.3) is 0 Å². The van der Waals surface area contributed by atoms with Crippen LogP contribution < -0.4 is 0 Å². The number of esters is 8. The van der Waals surface area contributed by atoms with Crippen LogP contribution >= 0.6 is 0 Å². The zero-order valence-corrected chi connectivity index (χ0v) is 24.1. The van der Waals surface area contributed by atoms with Crippen LogP contribution in [0.15, 0.2) is 0 Å². The van der Waals surface area contributed by atoms with Gasteiger partial charge < -0.3 is 47.4 Å². The van der Waals surface area contributed by atoms with Crippen molar-refractivity contribution in [3.8, 4) is 0 Å². The molecule has 0 unspecified atom stereocenters. The standard InChI is InChI=1S/C25H32O18/c1-10(26)36-20-16(42-24(40-14(5)30)22(20)38-12(3)28)8-34-18(32)7-19(33)35-9-17-21(37-11(2)27)23(39-13(4)29)25(43-17)41-15(6)31/h16-17,20-25H,7-9H2,1-6H3/t16-,17-,20-,21-,22-,23-,24-,25-/m1/s1. The predicted molar refractivity (Wildman–Crippen MR) is 130 cm³/mol. The van der Waals surface area contributed by atoms with Gasteiger partial charge in [0.2, 0.25) is 24.8 Å². The molecule has 2 heterocycles. The Morgan fingerprint density at radius 2 is 0.721 bits per heavy atom. The molecule has 2 aliphatic rings. The Balaban J connectivity index is 2.00. The normalized spacial score (nSPS) is 27.7. The summed E-state index contributed by atoms with van der Waals surface area (Å²) in [4.78, 5) is 93.9. The molecule has 0 aromatic rings. The second kappa shape index (κ2) is 15.8. The molecule has 0 amide bonds. The summed E-state index contributed by atoms with van der Waals surface area (Å²) in [6.07, 6.45) is -11.8. The summed E-state index contributed by atoms with van der Waals surface area (Å²) in [7, 11) is 0. The summed E-state index contributed by atoms with van der Waals surface area (Å²) in [5.41, 5.74) is 0. The van der Waals surface area contributed by atoms with Gasteiger partial charge in [0.15, 0.2) is 12.2 Å². The van der Waals surface area contributed by atoms with E-state index in [0.29, 0.717) is 0 Å². The van der Waals surface area contributed by atoms with Gasteiger partial charge in [-0.3, -0.25) is 38.4 Å². The molecule has 18 heteroatoms. The molecule has 0 saturated carbocycles. The molecule has 240 valence electrons. The molecular weight excluding hydrogens is 588 g/mol. The fourth-order valence-corrected chi connectivity index (χ4v) is 4.04. The first-order chi connectivity index (χ1) is 20.1. The highest BCUT2D eigenvalue weighted by atomic mass is 16.8. The Labute approximate surface area is 244 Å². The van der Waals surface area contributed by atoms with E-state index in [1.165, 1.54) is 0 Å². The zero-order chi connectivity index (χ0) is 32.4. The number of rotatable bonds is 12. The quantitative estimate of drug-likeness (QED) is 0.141. The van der Waals surface area contributed by atoms with Crippen molar-refractivity contribution in [2.24, 2.45) is 0 Å². The van der Waals surface area contributed by atoms with Crippen molar-refractivity contribution in [3.63, 3.8) is 0 Å². The summed E-state index contributed by atoms with van der Waals surface area (Å²) in [5.74, 6) is -7.05. The van der Waals surface area contributed by atoms with E-state index in [9.17, 15) is 38.4 Å². The second-order valence-corrected chi connectivity index (χ2v) is 9.14. The van der Waals surface area contributed by atoms with Crippen LogP contribution in [0.4, 0.5) is 0 Å². The summed E-state index contributed by atoms with van der Waals surface area (Å²) >= 11 is 0. The first-order valence-electron chi connectivity index (χ1n) is 12.7. The molecular formula is C25H32O18. The SMILES string of the molecule is CC(=O)O[C@@H]1O[C@H](COC(=O)CC(=O)OC[C@H]2O[C@@H](OC(C)=O)[C@H](OC(C)=O)[C@@H]2OC(C)=O)[C@@H](OC(C)=O)[C@H]1OC(C)=O. The number of hydrogen-bond donors (Lipinski definition) is 0. The van der Waals surface area contributed by atoms with Crippen molar-refractivity contribution < 1.29 is 85.7 Å². The summed E-state index contributed by atoms with van der Waals surface area (Å²) in [6.45, 7) is 5.14. The zero-order valence-electron chi connectivity index (χ0n) is 24.1. The molecule has 0 aromatic heterocycles. The molecule has 18 nitrogen and oxygen atoms in total. The van der Waals surface area contributed by atoms with Crippen molar-refractivity contribution in [2.45, 2.75) is 97.2 Å². The van der Waals surface area contributed by atoms with E-state index in [2.05, 4.69) is 0 Å². The third-order valence-corrected chi connectivity index (χ3v) is 5.41. The Hall–Kier alpha value is -4.32. The molecule has 2 rings (SSSR count). The van der Waals surface area contributed by atoms with Gasteiger partial charge in [-0.25, -0.2) is 0 Å². The average molecular weight is 621 g/mol. The third kappa shape index (κ3) is 11.1. The van der Waals surface area contributed by atoms with E-state index in [1.807, 2.05) is 0 Å². The molecule has 2 aliphatic heterocycles. The van der Waals surface area contributed by atoms with Crippen LogP contribution in [-0.4, -0.2) is 110 Å². The minimum absolute atomic E-state index is 0.617. The summed E-state index contributed by atoms with van der Waals surface area (Å²) in [6, 6.07) is 0. The van der Waals surface area contributed by atoms with E-state index in [-0.39, 0.29) is 0 Å². The maximum Gasteiger partial charge on any atom is 0.317 e. The highest BCUT2D eigenvalue weighted by Crippen LogP contribution is 2.30. The maximum absolute atomic E-state index is 12.3. The largest absolute Gasteiger partial charge is 0.462 e. The lowest BCUT2D eigenvalue weighted by atomic mass is 10.1. The predicted octanol–water partition coefficient (Wildman–Crippen LogP) is -1.23. The van der Waals surface area contributed by atoms with Crippen molar-refractivity contribution in [1.29, 1.82) is 0 Å². The van der Waals surface area contributed by atoms with Crippen LogP contribution in [0, 0.1) is 0 Å². The summed E-state index contributed by atoms with van der Waals surface area (Å²) < 4.78 is 51.4. The van der Waals surface area contributed by atoms with Crippen molar-refractivity contribution >= 4 is 47.8 Å². The molecule has 0 bridgehead atoms. The van der Waals surface area contributed by atoms with Crippen LogP contribution in [0.3, 0.4) is 0 Å². The number of carbonyl (C=O) groups excluding carboxylic acids is 8. The third-order valence-electron chi connectivity index (χ3n) is 5.41. The van der Waals surface area contributed by atoms with Crippen LogP contribution in [0.2, 0.25) is 0 Å². The Bertz CT molecular complexity index is 1020. The molecule has 0 N–H and O–H groups in total. The Morgan fingerprint density at radius 3 is 1.00 bits per heavy atom. The minimum atomic E-state index is -1.48. The minimum Gasteiger partial charge on any atom is -0.462 e. The molecule has 2 fully saturated rings. The molecule has 0 radical (unpaired) electrons. The fraction of sp³-hybridized carbons (Fsp3) is 0.680. The molecule has 2 saturated heterocycles. The topological polar surface area (TPSA) is 229 Å². The molecule has 0 aliphatic carbocycles. The Kier molecular flexibility index (Phi) is 12.8. The molecule has 0 aromatic carbocycles. The van der Waals surface area contributed by atoms with E-state index < -0.39 is 117 Å². The van der Waals surface area contributed by atoms with Crippen molar-refractivity contribution in [2.75, 3.05) is 13.2 Å². The van der Waals surface area contributed by atoms with Gasteiger partial charge in [0.1, 0.15) is 31.8 Å². The van der Waals surface area contributed by atoms with Gasteiger partial charge >= 0.3 is 47.8 Å². The van der Waals surface area contributed by atoms with Gasteiger partial charge in [-0.1, -0.05) is 0 Å². The van der Waals surface area contributed by atoms with Crippen LogP contribution in [-0.2, 0) is 85.7 Å². The van der Waals surface area contributed by atoms with Gasteiger partial charge in [-0.05, 0) is 0 Å². The van der Waals surface area contributed by atoms with E-state index in [1.54, 1.807) is 0 Å². The second-order valence-electron chi connectivity index (χ2n) is 9.14. The smallest absolute Gasteiger partial charge is 0.317 e. The van der Waals surface area contributed by atoms with E-state index in [0.717, 1.165) is 41.5 Å². The average Bonchev–Trinajstić information content (AvgIpc) is 3.31. The van der Waals surface area contributed by atoms with Crippen LogP contribution in [0.5, 0.6) is 0 Å². The number of ether oxygens (including phenoxy) is 10. The summed E-state index contributed by atoms with van der Waals surface area (Å²) in [5, 5.41) is 0. The molecule has 0 spiro atoms. The van der Waals surface area contributed by atoms with Crippen molar-refractivity contribution in [1.82, 2.24) is 0 Å². The molecule has 8 atom stereocenters. The fourth-order valence-electron chi connectivity index (χ4n) is 4.04. The first kappa shape index (κ1) is 34.9. The highest BCUT2D eigenvalue weighted by molar-refractivity contribution is 5.91. The maximum atomic E-state index is 12.3. The van der Waals surface area contributed by atoms with Gasteiger partial charge in [-0.15, -0.1) is 0 Å². The van der Waals surface area contributed by atoms with Crippen LogP contribution in [0.1, 0.15) is 48.0 Å². The van der Waals surface area contributed by atoms with E-state index in [4.69, 9.17) is 47.4 Å². The van der Waals surface area contributed by atoms with Gasteiger partial charge in [0, 0.05) is 41.5 Å².